The number of aryl methyl sites for hydroxylation is 3. The lowest BCUT2D eigenvalue weighted by Gasteiger charge is -2.09. The summed E-state index contributed by atoms with van der Waals surface area (Å²) in [6.45, 7) is 3.45. The summed E-state index contributed by atoms with van der Waals surface area (Å²) in [6, 6.07) is 1.97. The molecule has 0 unspecified atom stereocenters. The summed E-state index contributed by atoms with van der Waals surface area (Å²) >= 11 is 0. The van der Waals surface area contributed by atoms with Gasteiger partial charge in [-0.25, -0.2) is 14.5 Å². The average Bonchev–Trinajstić information content (AvgIpc) is 3.24. The predicted octanol–water partition coefficient (Wildman–Crippen LogP) is 1.43. The van der Waals surface area contributed by atoms with E-state index in [2.05, 4.69) is 29.9 Å². The summed E-state index contributed by atoms with van der Waals surface area (Å²) in [5, 5.41) is 7.49. The lowest BCUT2D eigenvalue weighted by atomic mass is 10.2. The second-order valence-corrected chi connectivity index (χ2v) is 6.54. The van der Waals surface area contributed by atoms with E-state index in [0.717, 1.165) is 46.6 Å². The minimum absolute atomic E-state index is 0.517. The quantitative estimate of drug-likeness (QED) is 0.507. The lowest BCUT2D eigenvalue weighted by molar-refractivity contribution is 0.190. The molecule has 10 nitrogen and oxygen atoms in total. The first-order valence-electron chi connectivity index (χ1n) is 9.03. The summed E-state index contributed by atoms with van der Waals surface area (Å²) in [4.78, 5) is 17.9. The third kappa shape index (κ3) is 3.11. The minimum Gasteiger partial charge on any atom is -0.385 e. The van der Waals surface area contributed by atoms with E-state index in [1.54, 1.807) is 18.7 Å². The lowest BCUT2D eigenvalue weighted by Crippen LogP contribution is -2.24. The highest BCUT2D eigenvalue weighted by atomic mass is 16.5. The fourth-order valence-corrected chi connectivity index (χ4v) is 3.30. The third-order valence-corrected chi connectivity index (χ3v) is 4.71. The zero-order chi connectivity index (χ0) is 19.7. The third-order valence-electron chi connectivity index (χ3n) is 4.71. The summed E-state index contributed by atoms with van der Waals surface area (Å²) < 4.78 is 11.0. The Bertz CT molecular complexity index is 1200. The van der Waals surface area contributed by atoms with Crippen molar-refractivity contribution in [3.8, 4) is 0 Å². The Morgan fingerprint density at radius 3 is 2.93 bits per heavy atom. The van der Waals surface area contributed by atoms with Gasteiger partial charge in [0.1, 0.15) is 11.8 Å². The Labute approximate surface area is 161 Å². The summed E-state index contributed by atoms with van der Waals surface area (Å²) in [7, 11) is 5.46. The molecular weight excluding hydrogens is 358 g/mol. The van der Waals surface area contributed by atoms with E-state index in [9.17, 15) is 0 Å². The Morgan fingerprint density at radius 2 is 2.14 bits per heavy atom. The van der Waals surface area contributed by atoms with E-state index in [1.807, 2.05) is 37.0 Å². The highest BCUT2D eigenvalue weighted by molar-refractivity contribution is 5.73. The Hall–Kier alpha value is -3.27. The van der Waals surface area contributed by atoms with E-state index in [0.29, 0.717) is 12.6 Å². The summed E-state index contributed by atoms with van der Waals surface area (Å²) in [6.07, 6.45) is 6.10. The van der Waals surface area contributed by atoms with Gasteiger partial charge >= 0.3 is 0 Å². The van der Waals surface area contributed by atoms with Gasteiger partial charge in [0.05, 0.1) is 18.1 Å². The minimum atomic E-state index is 0.517. The summed E-state index contributed by atoms with van der Waals surface area (Å²) in [5.41, 5.74) is 5.31. The zero-order valence-electron chi connectivity index (χ0n) is 16.4. The van der Waals surface area contributed by atoms with Gasteiger partial charge < -0.3 is 14.6 Å². The molecule has 0 spiro atoms. The Kier molecular flexibility index (Phi) is 4.78. The molecule has 0 atom stereocenters. The van der Waals surface area contributed by atoms with Crippen molar-refractivity contribution in [1.29, 1.82) is 0 Å². The van der Waals surface area contributed by atoms with Gasteiger partial charge in [-0.2, -0.15) is 10.1 Å². The van der Waals surface area contributed by atoms with Crippen molar-refractivity contribution >= 4 is 28.4 Å². The number of methoxy groups -OCH3 is 1. The Balaban J connectivity index is 1.75. The van der Waals surface area contributed by atoms with E-state index < -0.39 is 0 Å². The van der Waals surface area contributed by atoms with Crippen molar-refractivity contribution in [2.24, 2.45) is 12.0 Å². The van der Waals surface area contributed by atoms with Crippen LogP contribution in [0.1, 0.15) is 12.0 Å². The van der Waals surface area contributed by atoms with E-state index in [4.69, 9.17) is 9.72 Å². The molecule has 146 valence electrons. The first kappa shape index (κ1) is 18.1. The molecule has 0 bridgehead atoms. The van der Waals surface area contributed by atoms with Gasteiger partial charge in [0, 0.05) is 34.4 Å². The highest BCUT2D eigenvalue weighted by Gasteiger charge is 2.13. The molecule has 0 saturated heterocycles. The van der Waals surface area contributed by atoms with Crippen LogP contribution in [0.3, 0.4) is 0 Å². The molecule has 0 radical (unpaired) electrons. The topological polar surface area (TPSA) is 99.5 Å². The molecule has 4 aromatic rings. The fraction of sp³-hybridized carbons (Fsp3) is 0.389. The Morgan fingerprint density at radius 1 is 1.29 bits per heavy atom. The SMILES string of the molecule is C/N=c1/n(C)c2cnc(Nc3cn4ncnc4cc3C)nc2n1CCCOC. The van der Waals surface area contributed by atoms with Crippen LogP contribution in [0.4, 0.5) is 11.6 Å². The molecule has 0 aromatic carbocycles. The van der Waals surface area contributed by atoms with Gasteiger partial charge in [0.2, 0.25) is 11.6 Å². The van der Waals surface area contributed by atoms with Gasteiger partial charge in [-0.3, -0.25) is 9.56 Å². The molecule has 4 heterocycles. The molecule has 4 rings (SSSR count). The molecular formula is C18H23N9O. The molecule has 0 fully saturated rings. The largest absolute Gasteiger partial charge is 0.385 e. The average molecular weight is 381 g/mol. The van der Waals surface area contributed by atoms with Crippen LogP contribution in [0.15, 0.2) is 29.8 Å². The standard InChI is InChI=1S/C18H23N9O/c1-12-8-15-21-11-22-27(15)10-13(12)23-17-20-9-14-16(24-17)26(6-5-7-28-4)18(19-2)25(14)3/h8-11H,5-7H2,1-4H3,(H,20,23,24)/b19-18-. The second-order valence-electron chi connectivity index (χ2n) is 6.54. The van der Waals surface area contributed by atoms with Crippen LogP contribution in [-0.4, -0.2) is 54.5 Å². The van der Waals surface area contributed by atoms with Gasteiger partial charge in [-0.15, -0.1) is 0 Å². The number of ether oxygens (including phenoxy) is 1. The number of nitrogens with one attached hydrogen (secondary N) is 1. The van der Waals surface area contributed by atoms with Crippen LogP contribution in [0.2, 0.25) is 0 Å². The molecule has 0 aliphatic carbocycles. The van der Waals surface area contributed by atoms with E-state index in [-0.39, 0.29) is 0 Å². The van der Waals surface area contributed by atoms with Gasteiger partial charge in [-0.05, 0) is 25.0 Å². The van der Waals surface area contributed by atoms with E-state index >= 15 is 0 Å². The van der Waals surface area contributed by atoms with Crippen LogP contribution in [0.25, 0.3) is 16.8 Å². The van der Waals surface area contributed by atoms with Crippen LogP contribution in [0, 0.1) is 6.92 Å². The van der Waals surface area contributed by atoms with E-state index in [1.165, 1.54) is 6.33 Å². The second kappa shape index (κ2) is 7.39. The number of hydrogen-bond donors (Lipinski definition) is 1. The maximum Gasteiger partial charge on any atom is 0.229 e. The van der Waals surface area contributed by atoms with Gasteiger partial charge in [-0.1, -0.05) is 0 Å². The number of hydrogen-bond acceptors (Lipinski definition) is 7. The molecule has 28 heavy (non-hydrogen) atoms. The first-order valence-corrected chi connectivity index (χ1v) is 9.03. The van der Waals surface area contributed by atoms with Crippen molar-refractivity contribution < 1.29 is 4.74 Å². The maximum absolute atomic E-state index is 5.19. The van der Waals surface area contributed by atoms with Crippen LogP contribution in [-0.2, 0) is 18.3 Å². The smallest absolute Gasteiger partial charge is 0.229 e. The normalized spacial score (nSPS) is 12.4. The number of aromatic nitrogens is 7. The first-order chi connectivity index (χ1) is 13.6. The number of fused-ring (bicyclic) bond motifs is 2. The number of anilines is 2. The van der Waals surface area contributed by atoms with Crippen LogP contribution in [0.5, 0.6) is 0 Å². The predicted molar refractivity (Wildman–Crippen MR) is 105 cm³/mol. The van der Waals surface area contributed by atoms with Crippen LogP contribution >= 0.6 is 0 Å². The van der Waals surface area contributed by atoms with Gasteiger partial charge in [0.25, 0.3) is 0 Å². The highest BCUT2D eigenvalue weighted by Crippen LogP contribution is 2.20. The molecule has 0 aliphatic rings. The monoisotopic (exact) mass is 381 g/mol. The van der Waals surface area contributed by atoms with Crippen molar-refractivity contribution in [2.45, 2.75) is 19.9 Å². The fourth-order valence-electron chi connectivity index (χ4n) is 3.30. The molecule has 10 heteroatoms. The molecule has 4 aromatic heterocycles. The summed E-state index contributed by atoms with van der Waals surface area (Å²) in [5.74, 6) is 0.517. The van der Waals surface area contributed by atoms with Crippen molar-refractivity contribution in [3.63, 3.8) is 0 Å². The molecule has 0 saturated carbocycles. The molecule has 0 aliphatic heterocycles. The number of nitrogens with zero attached hydrogens (tertiary/aromatic N) is 8. The number of rotatable bonds is 6. The van der Waals surface area contributed by atoms with Crippen molar-refractivity contribution in [1.82, 2.24) is 33.7 Å². The number of pyridine rings is 1. The number of imidazole rings is 1. The van der Waals surface area contributed by atoms with Crippen molar-refractivity contribution in [3.05, 3.63) is 36.0 Å². The van der Waals surface area contributed by atoms with Gasteiger partial charge in [0.15, 0.2) is 11.3 Å². The molecule has 0 amide bonds. The maximum atomic E-state index is 5.19. The van der Waals surface area contributed by atoms with Crippen LogP contribution < -0.4 is 10.9 Å². The molecule has 1 N–H and O–H groups in total. The van der Waals surface area contributed by atoms with Crippen molar-refractivity contribution in [2.75, 3.05) is 26.1 Å². The zero-order valence-corrected chi connectivity index (χ0v) is 16.4.